The van der Waals surface area contributed by atoms with Crippen LogP contribution >= 0.6 is 0 Å². The van der Waals surface area contributed by atoms with E-state index in [4.69, 9.17) is 9.26 Å². The molecule has 1 aliphatic heterocycles. The average molecular weight is 485 g/mol. The fourth-order valence-corrected chi connectivity index (χ4v) is 4.45. The van der Waals surface area contributed by atoms with Crippen molar-refractivity contribution in [3.8, 4) is 39.8 Å². The number of aromatic nitrogens is 1. The Balaban J connectivity index is 1.40. The Bertz CT molecular complexity index is 1240. The van der Waals surface area contributed by atoms with Gasteiger partial charge in [-0.05, 0) is 98.7 Å². The highest BCUT2D eigenvalue weighted by Crippen LogP contribution is 2.35. The third-order valence-electron chi connectivity index (χ3n) is 6.43. The lowest BCUT2D eigenvalue weighted by Gasteiger charge is -2.26. The molecule has 0 spiro atoms. The fraction of sp³-hybridized carbons (Fsp3) is 0.241. The monoisotopic (exact) mass is 484 g/mol. The van der Waals surface area contributed by atoms with Gasteiger partial charge < -0.3 is 19.5 Å². The highest BCUT2D eigenvalue weighted by molar-refractivity contribution is 6.15. The standard InChI is InChI=1S/C29H28N2O5/c32-23-10-4-20(5-11-23)27-26(29(36-30-27)22-6-12-24(33)13-7-22)28(34)21-8-14-25(15-9-21)35-19-18-31-16-2-1-3-17-31/h4-15,32-33H,1-3,16-19H2. The van der Waals surface area contributed by atoms with Gasteiger partial charge in [-0.15, -0.1) is 0 Å². The highest BCUT2D eigenvalue weighted by Gasteiger charge is 2.26. The van der Waals surface area contributed by atoms with Crippen molar-refractivity contribution in [2.45, 2.75) is 19.3 Å². The second-order valence-electron chi connectivity index (χ2n) is 8.93. The van der Waals surface area contributed by atoms with Crippen molar-refractivity contribution in [3.05, 3.63) is 83.9 Å². The molecule has 7 nitrogen and oxygen atoms in total. The van der Waals surface area contributed by atoms with Crippen LogP contribution < -0.4 is 4.74 Å². The van der Waals surface area contributed by atoms with Crippen molar-refractivity contribution in [1.29, 1.82) is 0 Å². The minimum absolute atomic E-state index is 0.112. The third-order valence-corrected chi connectivity index (χ3v) is 6.43. The summed E-state index contributed by atoms with van der Waals surface area (Å²) in [6.07, 6.45) is 3.80. The molecule has 36 heavy (non-hydrogen) atoms. The molecule has 1 aliphatic rings. The van der Waals surface area contributed by atoms with Crippen molar-refractivity contribution < 1.29 is 24.3 Å². The quantitative estimate of drug-likeness (QED) is 0.318. The third kappa shape index (κ3) is 5.26. The van der Waals surface area contributed by atoms with Crippen LogP contribution in [0.5, 0.6) is 17.2 Å². The minimum atomic E-state index is -0.248. The molecule has 0 unspecified atom stereocenters. The molecular weight excluding hydrogens is 456 g/mol. The summed E-state index contributed by atoms with van der Waals surface area (Å²) in [7, 11) is 0. The molecule has 1 fully saturated rings. The number of carbonyl (C=O) groups excluding carboxylic acids is 1. The number of ketones is 1. The predicted octanol–water partition coefficient (Wildman–Crippen LogP) is 5.52. The summed E-state index contributed by atoms with van der Waals surface area (Å²) in [6, 6.07) is 19.9. The van der Waals surface area contributed by atoms with Crippen molar-refractivity contribution in [3.63, 3.8) is 0 Å². The number of aromatic hydroxyl groups is 2. The van der Waals surface area contributed by atoms with E-state index < -0.39 is 0 Å². The van der Waals surface area contributed by atoms with Gasteiger partial charge in [0.05, 0.1) is 5.56 Å². The van der Waals surface area contributed by atoms with Gasteiger partial charge in [-0.25, -0.2) is 0 Å². The van der Waals surface area contributed by atoms with Crippen LogP contribution in [-0.4, -0.2) is 52.3 Å². The van der Waals surface area contributed by atoms with Gasteiger partial charge in [-0.3, -0.25) is 9.69 Å². The van der Waals surface area contributed by atoms with E-state index in [9.17, 15) is 15.0 Å². The summed E-state index contributed by atoms with van der Waals surface area (Å²) in [6.45, 7) is 3.76. The van der Waals surface area contributed by atoms with Crippen LogP contribution in [0.15, 0.2) is 77.3 Å². The van der Waals surface area contributed by atoms with Crippen LogP contribution in [0.4, 0.5) is 0 Å². The summed E-state index contributed by atoms with van der Waals surface area (Å²) in [4.78, 5) is 16.1. The number of hydrogen-bond donors (Lipinski definition) is 2. The number of piperidine rings is 1. The number of phenolic OH excluding ortho intramolecular Hbond substituents is 2. The molecule has 7 heteroatoms. The van der Waals surface area contributed by atoms with Gasteiger partial charge in [-0.2, -0.15) is 0 Å². The molecule has 4 aromatic rings. The van der Waals surface area contributed by atoms with E-state index >= 15 is 0 Å². The number of carbonyl (C=O) groups is 1. The maximum Gasteiger partial charge on any atom is 0.199 e. The number of ether oxygens (including phenoxy) is 1. The molecule has 0 radical (unpaired) electrons. The zero-order valence-electron chi connectivity index (χ0n) is 19.9. The molecule has 0 saturated carbocycles. The second-order valence-corrected chi connectivity index (χ2v) is 8.93. The van der Waals surface area contributed by atoms with Gasteiger partial charge in [0, 0.05) is 23.2 Å². The van der Waals surface area contributed by atoms with E-state index in [0.717, 1.165) is 19.6 Å². The van der Waals surface area contributed by atoms with Crippen LogP contribution in [0.2, 0.25) is 0 Å². The van der Waals surface area contributed by atoms with Crippen LogP contribution in [0.3, 0.4) is 0 Å². The highest BCUT2D eigenvalue weighted by atomic mass is 16.5. The molecule has 0 amide bonds. The maximum atomic E-state index is 13.7. The molecule has 0 atom stereocenters. The maximum absolute atomic E-state index is 13.7. The molecule has 1 aromatic heterocycles. The van der Waals surface area contributed by atoms with E-state index in [1.54, 1.807) is 48.5 Å². The lowest BCUT2D eigenvalue weighted by Crippen LogP contribution is -2.33. The van der Waals surface area contributed by atoms with E-state index in [2.05, 4.69) is 10.1 Å². The summed E-state index contributed by atoms with van der Waals surface area (Å²) in [5, 5.41) is 23.6. The fourth-order valence-electron chi connectivity index (χ4n) is 4.45. The van der Waals surface area contributed by atoms with Crippen molar-refractivity contribution in [1.82, 2.24) is 10.1 Å². The Morgan fingerprint density at radius 2 is 1.44 bits per heavy atom. The van der Waals surface area contributed by atoms with Crippen LogP contribution in [0.25, 0.3) is 22.6 Å². The minimum Gasteiger partial charge on any atom is -0.508 e. The molecule has 5 rings (SSSR count). The SMILES string of the molecule is O=C(c1ccc(OCCN2CCCCC2)cc1)c1c(-c2ccc(O)cc2)noc1-c1ccc(O)cc1. The molecular formula is C29H28N2O5. The van der Waals surface area contributed by atoms with Crippen molar-refractivity contribution >= 4 is 5.78 Å². The zero-order chi connectivity index (χ0) is 24.9. The zero-order valence-corrected chi connectivity index (χ0v) is 19.9. The van der Waals surface area contributed by atoms with Gasteiger partial charge in [0.1, 0.15) is 29.5 Å². The van der Waals surface area contributed by atoms with Crippen molar-refractivity contribution in [2.24, 2.45) is 0 Å². The number of likely N-dealkylation sites (tertiary alicyclic amines) is 1. The van der Waals surface area contributed by atoms with E-state index in [0.29, 0.717) is 46.1 Å². The van der Waals surface area contributed by atoms with Crippen LogP contribution in [0.1, 0.15) is 35.2 Å². The molecule has 1 saturated heterocycles. The first kappa shape index (κ1) is 23.6. The first-order valence-electron chi connectivity index (χ1n) is 12.2. The van der Waals surface area contributed by atoms with Crippen LogP contribution in [-0.2, 0) is 0 Å². The van der Waals surface area contributed by atoms with Gasteiger partial charge >= 0.3 is 0 Å². The van der Waals surface area contributed by atoms with Gasteiger partial charge in [0.15, 0.2) is 11.5 Å². The first-order chi connectivity index (χ1) is 17.6. The molecule has 2 heterocycles. The van der Waals surface area contributed by atoms with Crippen LogP contribution in [0, 0.1) is 0 Å². The van der Waals surface area contributed by atoms with Gasteiger partial charge in [0.2, 0.25) is 0 Å². The molecule has 3 aromatic carbocycles. The number of benzene rings is 3. The summed E-state index contributed by atoms with van der Waals surface area (Å²) >= 11 is 0. The Morgan fingerprint density at radius 3 is 2.08 bits per heavy atom. The second kappa shape index (κ2) is 10.7. The van der Waals surface area contributed by atoms with E-state index in [1.807, 2.05) is 0 Å². The Labute approximate surface area is 209 Å². The summed E-state index contributed by atoms with van der Waals surface area (Å²) < 4.78 is 11.6. The summed E-state index contributed by atoms with van der Waals surface area (Å²) in [5.41, 5.74) is 2.42. The van der Waals surface area contributed by atoms with E-state index in [1.165, 1.54) is 43.5 Å². The normalized spacial score (nSPS) is 14.0. The molecule has 0 aliphatic carbocycles. The first-order valence-corrected chi connectivity index (χ1v) is 12.2. The lowest BCUT2D eigenvalue weighted by atomic mass is 9.95. The van der Waals surface area contributed by atoms with Crippen molar-refractivity contribution in [2.75, 3.05) is 26.2 Å². The van der Waals surface area contributed by atoms with E-state index in [-0.39, 0.29) is 17.3 Å². The lowest BCUT2D eigenvalue weighted by molar-refractivity contribution is 0.103. The summed E-state index contributed by atoms with van der Waals surface area (Å²) in [5.74, 6) is 1.00. The number of phenols is 2. The smallest absolute Gasteiger partial charge is 0.199 e. The predicted molar refractivity (Wildman–Crippen MR) is 136 cm³/mol. The molecule has 2 N–H and O–H groups in total. The van der Waals surface area contributed by atoms with Gasteiger partial charge in [0.25, 0.3) is 0 Å². The molecule has 184 valence electrons. The average Bonchev–Trinajstić information content (AvgIpc) is 3.35. The Hall–Kier alpha value is -4.10. The number of nitrogens with zero attached hydrogens (tertiary/aromatic N) is 2. The largest absolute Gasteiger partial charge is 0.508 e. The topological polar surface area (TPSA) is 96.0 Å². The molecule has 0 bridgehead atoms. The number of hydrogen-bond acceptors (Lipinski definition) is 7. The Morgan fingerprint density at radius 1 is 0.833 bits per heavy atom. The number of rotatable bonds is 8. The van der Waals surface area contributed by atoms with Gasteiger partial charge in [-0.1, -0.05) is 11.6 Å². The Kier molecular flexibility index (Phi) is 7.00.